The molecule has 0 bridgehead atoms. The number of rotatable bonds is 5. The van der Waals surface area contributed by atoms with Gasteiger partial charge in [-0.05, 0) is 37.0 Å². The lowest BCUT2D eigenvalue weighted by molar-refractivity contribution is -0.141. The standard InChI is InChI=1S/C14H17NO4/c1-8(14(17)18)15-13(16)12-7-11(12)9-4-3-5-10(6-9)19-2/h3-6,8,11-12H,7H2,1-2H3,(H,15,16)(H,17,18). The van der Waals surface area contributed by atoms with Crippen molar-refractivity contribution in [2.24, 2.45) is 5.92 Å². The van der Waals surface area contributed by atoms with E-state index in [0.29, 0.717) is 0 Å². The highest BCUT2D eigenvalue weighted by Gasteiger charge is 2.44. The second-order valence-electron chi connectivity index (χ2n) is 4.79. The molecule has 1 saturated carbocycles. The normalized spacial score (nSPS) is 22.4. The van der Waals surface area contributed by atoms with Crippen molar-refractivity contribution in [2.45, 2.75) is 25.3 Å². The number of nitrogens with one attached hydrogen (secondary N) is 1. The summed E-state index contributed by atoms with van der Waals surface area (Å²) in [5.74, 6) is -0.415. The third kappa shape index (κ3) is 3.05. The Kier molecular flexibility index (Phi) is 3.74. The monoisotopic (exact) mass is 263 g/mol. The van der Waals surface area contributed by atoms with Gasteiger partial charge in [-0.15, -0.1) is 0 Å². The number of benzene rings is 1. The van der Waals surface area contributed by atoms with E-state index in [1.54, 1.807) is 7.11 Å². The number of aliphatic carboxylic acids is 1. The molecule has 102 valence electrons. The van der Waals surface area contributed by atoms with Crippen LogP contribution >= 0.6 is 0 Å². The Bertz CT molecular complexity index is 500. The maximum Gasteiger partial charge on any atom is 0.325 e. The fraction of sp³-hybridized carbons (Fsp3) is 0.429. The van der Waals surface area contributed by atoms with Crippen LogP contribution in [0.3, 0.4) is 0 Å². The zero-order valence-electron chi connectivity index (χ0n) is 10.9. The highest BCUT2D eigenvalue weighted by atomic mass is 16.5. The minimum Gasteiger partial charge on any atom is -0.497 e. The van der Waals surface area contributed by atoms with Gasteiger partial charge in [0, 0.05) is 5.92 Å². The van der Waals surface area contributed by atoms with Crippen molar-refractivity contribution < 1.29 is 19.4 Å². The van der Waals surface area contributed by atoms with Gasteiger partial charge in [0.15, 0.2) is 0 Å². The molecule has 1 aromatic carbocycles. The molecule has 5 heteroatoms. The van der Waals surface area contributed by atoms with E-state index < -0.39 is 12.0 Å². The topological polar surface area (TPSA) is 75.6 Å². The zero-order valence-corrected chi connectivity index (χ0v) is 10.9. The summed E-state index contributed by atoms with van der Waals surface area (Å²) in [6.45, 7) is 1.46. The van der Waals surface area contributed by atoms with Gasteiger partial charge in [-0.3, -0.25) is 9.59 Å². The van der Waals surface area contributed by atoms with Gasteiger partial charge < -0.3 is 15.2 Å². The highest BCUT2D eigenvalue weighted by molar-refractivity contribution is 5.87. The molecule has 1 aliphatic carbocycles. The average molecular weight is 263 g/mol. The Labute approximate surface area is 111 Å². The largest absolute Gasteiger partial charge is 0.497 e. The van der Waals surface area contributed by atoms with E-state index >= 15 is 0 Å². The molecular weight excluding hydrogens is 246 g/mol. The first-order chi connectivity index (χ1) is 9.02. The first-order valence-electron chi connectivity index (χ1n) is 6.20. The predicted molar refractivity (Wildman–Crippen MR) is 69.1 cm³/mol. The van der Waals surface area contributed by atoms with Crippen molar-refractivity contribution in [3.63, 3.8) is 0 Å². The predicted octanol–water partition coefficient (Wildman–Crippen LogP) is 1.39. The number of hydrogen-bond acceptors (Lipinski definition) is 3. The van der Waals surface area contributed by atoms with E-state index in [2.05, 4.69) is 5.32 Å². The van der Waals surface area contributed by atoms with E-state index in [-0.39, 0.29) is 17.7 Å². The molecule has 1 fully saturated rings. The van der Waals surface area contributed by atoms with Crippen LogP contribution in [0.4, 0.5) is 0 Å². The number of carboxylic acid groups (broad SMARTS) is 1. The lowest BCUT2D eigenvalue weighted by atomic mass is 10.1. The van der Waals surface area contributed by atoms with Gasteiger partial charge >= 0.3 is 5.97 Å². The summed E-state index contributed by atoms with van der Waals surface area (Å²) >= 11 is 0. The van der Waals surface area contributed by atoms with E-state index in [0.717, 1.165) is 17.7 Å². The molecule has 1 aliphatic rings. The van der Waals surface area contributed by atoms with Gasteiger partial charge in [0.1, 0.15) is 11.8 Å². The fourth-order valence-corrected chi connectivity index (χ4v) is 2.11. The number of ether oxygens (including phenoxy) is 1. The van der Waals surface area contributed by atoms with E-state index in [9.17, 15) is 9.59 Å². The lowest BCUT2D eigenvalue weighted by Gasteiger charge is -2.09. The third-order valence-corrected chi connectivity index (χ3v) is 3.38. The smallest absolute Gasteiger partial charge is 0.325 e. The van der Waals surface area contributed by atoms with Crippen LogP contribution in [0.2, 0.25) is 0 Å². The molecule has 1 aromatic rings. The average Bonchev–Trinajstić information content (AvgIpc) is 3.19. The van der Waals surface area contributed by atoms with Gasteiger partial charge in [0.05, 0.1) is 7.11 Å². The Hall–Kier alpha value is -2.04. The van der Waals surface area contributed by atoms with Crippen LogP contribution in [0.15, 0.2) is 24.3 Å². The van der Waals surface area contributed by atoms with E-state index in [1.165, 1.54) is 6.92 Å². The van der Waals surface area contributed by atoms with Gasteiger partial charge in [-0.1, -0.05) is 12.1 Å². The zero-order chi connectivity index (χ0) is 14.0. The Morgan fingerprint density at radius 2 is 2.21 bits per heavy atom. The molecule has 19 heavy (non-hydrogen) atoms. The molecule has 0 heterocycles. The molecule has 5 nitrogen and oxygen atoms in total. The summed E-state index contributed by atoms with van der Waals surface area (Å²) in [6, 6.07) is 6.77. The summed E-state index contributed by atoms with van der Waals surface area (Å²) < 4.78 is 5.15. The summed E-state index contributed by atoms with van der Waals surface area (Å²) in [5.41, 5.74) is 1.06. The SMILES string of the molecule is COc1cccc(C2CC2C(=O)NC(C)C(=O)O)c1. The third-order valence-electron chi connectivity index (χ3n) is 3.38. The molecule has 0 aliphatic heterocycles. The lowest BCUT2D eigenvalue weighted by Crippen LogP contribution is -2.39. The number of hydrogen-bond donors (Lipinski definition) is 2. The molecule has 3 atom stereocenters. The van der Waals surface area contributed by atoms with Crippen molar-refractivity contribution in [2.75, 3.05) is 7.11 Å². The molecule has 0 aromatic heterocycles. The minimum atomic E-state index is -1.02. The summed E-state index contributed by atoms with van der Waals surface area (Å²) in [5, 5.41) is 11.3. The van der Waals surface area contributed by atoms with Gasteiger partial charge in [-0.2, -0.15) is 0 Å². The Morgan fingerprint density at radius 1 is 1.47 bits per heavy atom. The molecule has 1 amide bonds. The number of carboxylic acids is 1. The molecule has 3 unspecified atom stereocenters. The van der Waals surface area contributed by atoms with Crippen molar-refractivity contribution in [3.05, 3.63) is 29.8 Å². The second-order valence-corrected chi connectivity index (χ2v) is 4.79. The van der Waals surface area contributed by atoms with Crippen LogP contribution in [0.5, 0.6) is 5.75 Å². The van der Waals surface area contributed by atoms with Crippen molar-refractivity contribution in [3.8, 4) is 5.75 Å². The summed E-state index contributed by atoms with van der Waals surface area (Å²) in [7, 11) is 1.60. The van der Waals surface area contributed by atoms with Crippen LogP contribution in [-0.2, 0) is 9.59 Å². The van der Waals surface area contributed by atoms with Gasteiger partial charge in [-0.25, -0.2) is 0 Å². The first-order valence-corrected chi connectivity index (χ1v) is 6.20. The van der Waals surface area contributed by atoms with Crippen LogP contribution in [0.25, 0.3) is 0 Å². The second kappa shape index (κ2) is 5.30. The van der Waals surface area contributed by atoms with Crippen LogP contribution < -0.4 is 10.1 Å². The molecule has 0 saturated heterocycles. The maximum atomic E-state index is 11.9. The van der Waals surface area contributed by atoms with Gasteiger partial charge in [0.2, 0.25) is 5.91 Å². The van der Waals surface area contributed by atoms with Crippen LogP contribution in [0.1, 0.15) is 24.8 Å². The van der Waals surface area contributed by atoms with E-state index in [4.69, 9.17) is 9.84 Å². The van der Waals surface area contributed by atoms with Gasteiger partial charge in [0.25, 0.3) is 0 Å². The molecular formula is C14H17NO4. The van der Waals surface area contributed by atoms with Crippen molar-refractivity contribution >= 4 is 11.9 Å². The fourth-order valence-electron chi connectivity index (χ4n) is 2.11. The van der Waals surface area contributed by atoms with Crippen molar-refractivity contribution in [1.29, 1.82) is 0 Å². The molecule has 0 radical (unpaired) electrons. The number of carbonyl (C=O) groups excluding carboxylic acids is 1. The first kappa shape index (κ1) is 13.4. The summed E-state index contributed by atoms with van der Waals surface area (Å²) in [4.78, 5) is 22.5. The number of carbonyl (C=O) groups is 2. The molecule has 2 N–H and O–H groups in total. The molecule has 0 spiro atoms. The number of amides is 1. The highest BCUT2D eigenvalue weighted by Crippen LogP contribution is 2.48. The quantitative estimate of drug-likeness (QED) is 0.841. The molecule has 2 rings (SSSR count). The Morgan fingerprint density at radius 3 is 2.84 bits per heavy atom. The van der Waals surface area contributed by atoms with Crippen LogP contribution in [0, 0.1) is 5.92 Å². The Balaban J connectivity index is 1.96. The minimum absolute atomic E-state index is 0.131. The van der Waals surface area contributed by atoms with Crippen LogP contribution in [-0.4, -0.2) is 30.1 Å². The summed E-state index contributed by atoms with van der Waals surface area (Å²) in [6.07, 6.45) is 0.755. The van der Waals surface area contributed by atoms with E-state index in [1.807, 2.05) is 24.3 Å². The van der Waals surface area contributed by atoms with Crippen molar-refractivity contribution in [1.82, 2.24) is 5.32 Å². The number of methoxy groups -OCH3 is 1. The maximum absolute atomic E-state index is 11.9.